The standard InChI is InChI=1S/C19H17Cl2FO3/c1-11(19(24)25-2)8-15(12-4-3-5-14(20)9-12)18(23)13-6-7-16(21)17(22)10-13/h3-7,9-11,15H,8H2,1-2H3. The maximum Gasteiger partial charge on any atom is 0.308 e. The SMILES string of the molecule is COC(=O)C(C)CC(C(=O)c1ccc(Cl)c(F)c1)c1cccc(Cl)c1. The Morgan fingerprint density at radius 3 is 2.48 bits per heavy atom. The van der Waals surface area contributed by atoms with Gasteiger partial charge >= 0.3 is 5.97 Å². The van der Waals surface area contributed by atoms with Gasteiger partial charge in [0.05, 0.1) is 18.1 Å². The number of hydrogen-bond acceptors (Lipinski definition) is 3. The molecule has 0 aromatic heterocycles. The quantitative estimate of drug-likeness (QED) is 0.502. The molecule has 2 aromatic rings. The van der Waals surface area contributed by atoms with Crippen molar-refractivity contribution in [2.24, 2.45) is 5.92 Å². The van der Waals surface area contributed by atoms with Crippen LogP contribution < -0.4 is 0 Å². The molecule has 0 bridgehead atoms. The molecule has 0 N–H and O–H groups in total. The molecule has 0 aliphatic heterocycles. The van der Waals surface area contributed by atoms with Crippen molar-refractivity contribution in [2.75, 3.05) is 7.11 Å². The van der Waals surface area contributed by atoms with Gasteiger partial charge in [0, 0.05) is 16.5 Å². The van der Waals surface area contributed by atoms with Crippen LogP contribution in [0, 0.1) is 11.7 Å². The average molecular weight is 383 g/mol. The second-order valence-corrected chi connectivity index (χ2v) is 6.60. The van der Waals surface area contributed by atoms with Crippen LogP contribution in [0.4, 0.5) is 4.39 Å². The summed E-state index contributed by atoms with van der Waals surface area (Å²) in [6.45, 7) is 1.68. The molecule has 0 amide bonds. The second kappa shape index (κ2) is 8.45. The number of esters is 1. The molecule has 0 spiro atoms. The number of ether oxygens (including phenoxy) is 1. The van der Waals surface area contributed by atoms with E-state index in [1.807, 2.05) is 0 Å². The van der Waals surface area contributed by atoms with Gasteiger partial charge in [-0.1, -0.05) is 42.3 Å². The molecule has 0 fully saturated rings. The molecule has 0 saturated carbocycles. The predicted octanol–water partition coefficient (Wildman–Crippen LogP) is 5.30. The Morgan fingerprint density at radius 2 is 1.88 bits per heavy atom. The van der Waals surface area contributed by atoms with Crippen LogP contribution in [0.1, 0.15) is 35.2 Å². The number of halogens is 3. The first-order valence-electron chi connectivity index (χ1n) is 7.66. The highest BCUT2D eigenvalue weighted by molar-refractivity contribution is 6.31. The number of methoxy groups -OCH3 is 1. The molecule has 0 aliphatic carbocycles. The van der Waals surface area contributed by atoms with E-state index >= 15 is 0 Å². The first-order valence-corrected chi connectivity index (χ1v) is 8.41. The van der Waals surface area contributed by atoms with Crippen LogP contribution >= 0.6 is 23.2 Å². The molecule has 2 rings (SSSR count). The summed E-state index contributed by atoms with van der Waals surface area (Å²) < 4.78 is 18.5. The molecule has 0 radical (unpaired) electrons. The van der Waals surface area contributed by atoms with Gasteiger partial charge in [-0.2, -0.15) is 0 Å². The summed E-state index contributed by atoms with van der Waals surface area (Å²) in [5.41, 5.74) is 0.840. The smallest absolute Gasteiger partial charge is 0.308 e. The van der Waals surface area contributed by atoms with Gasteiger partial charge in [0.15, 0.2) is 5.78 Å². The Balaban J connectivity index is 2.40. The van der Waals surface area contributed by atoms with Gasteiger partial charge in [0.1, 0.15) is 5.82 Å². The number of ketones is 1. The van der Waals surface area contributed by atoms with Crippen molar-refractivity contribution < 1.29 is 18.7 Å². The Kier molecular flexibility index (Phi) is 6.57. The third kappa shape index (κ3) is 4.80. The maximum atomic E-state index is 13.7. The summed E-state index contributed by atoms with van der Waals surface area (Å²) in [6, 6.07) is 10.7. The van der Waals surface area contributed by atoms with Crippen molar-refractivity contribution in [2.45, 2.75) is 19.3 Å². The van der Waals surface area contributed by atoms with Crippen LogP contribution in [0.3, 0.4) is 0 Å². The third-order valence-electron chi connectivity index (χ3n) is 3.96. The number of carbonyl (C=O) groups excluding carboxylic acids is 2. The molecule has 0 saturated heterocycles. The van der Waals surface area contributed by atoms with Gasteiger partial charge in [-0.15, -0.1) is 0 Å². The number of hydrogen-bond donors (Lipinski definition) is 0. The highest BCUT2D eigenvalue weighted by Gasteiger charge is 2.28. The van der Waals surface area contributed by atoms with E-state index in [-0.39, 0.29) is 22.8 Å². The van der Waals surface area contributed by atoms with Crippen molar-refractivity contribution in [3.63, 3.8) is 0 Å². The third-order valence-corrected chi connectivity index (χ3v) is 4.51. The van der Waals surface area contributed by atoms with Crippen molar-refractivity contribution in [3.05, 3.63) is 69.5 Å². The zero-order valence-corrected chi connectivity index (χ0v) is 15.3. The number of carbonyl (C=O) groups is 2. The molecule has 0 heterocycles. The Labute approximate surface area is 155 Å². The molecule has 2 unspecified atom stereocenters. The van der Waals surface area contributed by atoms with Crippen molar-refractivity contribution >= 4 is 35.0 Å². The molecule has 0 aliphatic rings. The fourth-order valence-corrected chi connectivity index (χ4v) is 2.94. The molecular weight excluding hydrogens is 366 g/mol. The lowest BCUT2D eigenvalue weighted by Crippen LogP contribution is -2.21. The highest BCUT2D eigenvalue weighted by atomic mass is 35.5. The summed E-state index contributed by atoms with van der Waals surface area (Å²) in [4.78, 5) is 24.7. The van der Waals surface area contributed by atoms with E-state index in [1.165, 1.54) is 19.2 Å². The van der Waals surface area contributed by atoms with Crippen LogP contribution in [-0.4, -0.2) is 18.9 Å². The van der Waals surface area contributed by atoms with Crippen LogP contribution in [0.15, 0.2) is 42.5 Å². The van der Waals surface area contributed by atoms with Gasteiger partial charge in [0.2, 0.25) is 0 Å². The first-order chi connectivity index (χ1) is 11.8. The van der Waals surface area contributed by atoms with E-state index in [2.05, 4.69) is 0 Å². The monoisotopic (exact) mass is 382 g/mol. The summed E-state index contributed by atoms with van der Waals surface area (Å²) >= 11 is 11.7. The van der Waals surface area contributed by atoms with E-state index in [0.29, 0.717) is 10.6 Å². The topological polar surface area (TPSA) is 43.4 Å². The highest BCUT2D eigenvalue weighted by Crippen LogP contribution is 2.31. The minimum absolute atomic E-state index is 0.0567. The molecular formula is C19H17Cl2FO3. The van der Waals surface area contributed by atoms with Crippen LogP contribution in [0.25, 0.3) is 0 Å². The summed E-state index contributed by atoms with van der Waals surface area (Å²) in [6.07, 6.45) is 0.218. The van der Waals surface area contributed by atoms with E-state index < -0.39 is 23.6 Å². The predicted molar refractivity (Wildman–Crippen MR) is 95.7 cm³/mol. The fraction of sp³-hybridized carbons (Fsp3) is 0.263. The minimum Gasteiger partial charge on any atom is -0.469 e. The zero-order chi connectivity index (χ0) is 18.6. The lowest BCUT2D eigenvalue weighted by atomic mass is 9.84. The molecule has 6 heteroatoms. The number of Topliss-reactive ketones (excluding diaryl/α,β-unsaturated/α-hetero) is 1. The van der Waals surface area contributed by atoms with Crippen LogP contribution in [0.2, 0.25) is 10.0 Å². The van der Waals surface area contributed by atoms with Gasteiger partial charge in [-0.05, 0) is 42.3 Å². The molecule has 2 atom stereocenters. The molecule has 25 heavy (non-hydrogen) atoms. The van der Waals surface area contributed by atoms with E-state index in [0.717, 1.165) is 6.07 Å². The van der Waals surface area contributed by atoms with Gasteiger partial charge < -0.3 is 4.74 Å². The summed E-state index contributed by atoms with van der Waals surface area (Å²) in [5.74, 6) is -2.56. The summed E-state index contributed by atoms with van der Waals surface area (Å²) in [7, 11) is 1.30. The van der Waals surface area contributed by atoms with Gasteiger partial charge in [-0.3, -0.25) is 9.59 Å². The Bertz CT molecular complexity index is 792. The molecule has 3 nitrogen and oxygen atoms in total. The fourth-order valence-electron chi connectivity index (χ4n) is 2.62. The van der Waals surface area contributed by atoms with E-state index in [9.17, 15) is 14.0 Å². The zero-order valence-electron chi connectivity index (χ0n) is 13.8. The van der Waals surface area contributed by atoms with Crippen molar-refractivity contribution in [1.82, 2.24) is 0 Å². The average Bonchev–Trinajstić information content (AvgIpc) is 2.60. The van der Waals surface area contributed by atoms with Gasteiger partial charge in [-0.25, -0.2) is 4.39 Å². The largest absolute Gasteiger partial charge is 0.469 e. The number of benzene rings is 2. The van der Waals surface area contributed by atoms with Crippen LogP contribution in [-0.2, 0) is 9.53 Å². The lowest BCUT2D eigenvalue weighted by molar-refractivity contribution is -0.145. The second-order valence-electron chi connectivity index (χ2n) is 5.76. The first kappa shape index (κ1) is 19.4. The molecule has 132 valence electrons. The van der Waals surface area contributed by atoms with Crippen LogP contribution in [0.5, 0.6) is 0 Å². The number of rotatable bonds is 6. The van der Waals surface area contributed by atoms with Crippen molar-refractivity contribution in [1.29, 1.82) is 0 Å². The molecule has 2 aromatic carbocycles. The normalized spacial score (nSPS) is 13.2. The lowest BCUT2D eigenvalue weighted by Gasteiger charge is -2.20. The Hall–Kier alpha value is -1.91. The van der Waals surface area contributed by atoms with E-state index in [4.69, 9.17) is 27.9 Å². The summed E-state index contributed by atoms with van der Waals surface area (Å²) in [5, 5.41) is 0.419. The van der Waals surface area contributed by atoms with E-state index in [1.54, 1.807) is 31.2 Å². The minimum atomic E-state index is -0.668. The Morgan fingerprint density at radius 1 is 1.16 bits per heavy atom. The van der Waals surface area contributed by atoms with Crippen molar-refractivity contribution in [3.8, 4) is 0 Å². The van der Waals surface area contributed by atoms with Gasteiger partial charge in [0.25, 0.3) is 0 Å². The maximum absolute atomic E-state index is 13.7.